The number of phenolic OH excluding ortho intramolecular Hbond substituents is 1. The maximum absolute atomic E-state index is 13.9. The van der Waals surface area contributed by atoms with E-state index in [1.807, 2.05) is 30.3 Å². The highest BCUT2D eigenvalue weighted by molar-refractivity contribution is 7.21. The molecule has 3 aromatic carbocycles. The van der Waals surface area contributed by atoms with E-state index in [4.69, 9.17) is 4.74 Å². The van der Waals surface area contributed by atoms with E-state index in [1.165, 1.54) is 36.3 Å². The predicted octanol–water partition coefficient (Wildman–Crippen LogP) is 6.74. The average molecular weight is 490 g/mol. The minimum atomic E-state index is -0.349. The molecule has 35 heavy (non-hydrogen) atoms. The number of halogens is 1. The summed E-state index contributed by atoms with van der Waals surface area (Å²) in [4.78, 5) is 16.8. The summed E-state index contributed by atoms with van der Waals surface area (Å²) in [5.41, 5.74) is 3.46. The quantitative estimate of drug-likeness (QED) is 0.292. The molecule has 6 heteroatoms. The zero-order valence-electron chi connectivity index (χ0n) is 19.9. The van der Waals surface area contributed by atoms with Crippen molar-refractivity contribution in [3.05, 3.63) is 82.0 Å². The number of ketones is 1. The van der Waals surface area contributed by atoms with Crippen molar-refractivity contribution in [3.63, 3.8) is 0 Å². The highest BCUT2D eigenvalue weighted by Gasteiger charge is 2.24. The van der Waals surface area contributed by atoms with Crippen molar-refractivity contribution in [2.24, 2.45) is 0 Å². The van der Waals surface area contributed by atoms with E-state index < -0.39 is 0 Å². The molecule has 1 N–H and O–H groups in total. The number of aryl methyl sites for hydroxylation is 2. The zero-order chi connectivity index (χ0) is 24.5. The summed E-state index contributed by atoms with van der Waals surface area (Å²) in [6, 6.07) is 15.8. The lowest BCUT2D eigenvalue weighted by Crippen LogP contribution is -2.25. The molecule has 0 aliphatic carbocycles. The van der Waals surface area contributed by atoms with Gasteiger partial charge in [0.1, 0.15) is 23.9 Å². The molecule has 0 bridgehead atoms. The Morgan fingerprint density at radius 3 is 2.40 bits per heavy atom. The number of aromatic hydroxyl groups is 1. The number of likely N-dealkylation sites (tertiary alicyclic amines) is 1. The van der Waals surface area contributed by atoms with Crippen LogP contribution in [0, 0.1) is 19.7 Å². The Hall–Kier alpha value is -3.22. The van der Waals surface area contributed by atoms with Gasteiger partial charge in [0.2, 0.25) is 5.78 Å². The minimum Gasteiger partial charge on any atom is -0.508 e. The Morgan fingerprint density at radius 1 is 1.03 bits per heavy atom. The maximum Gasteiger partial charge on any atom is 0.204 e. The Morgan fingerprint density at radius 2 is 1.71 bits per heavy atom. The summed E-state index contributed by atoms with van der Waals surface area (Å²) in [6.45, 7) is 7.38. The number of ether oxygens (including phenoxy) is 1. The third-order valence-electron chi connectivity index (χ3n) is 6.62. The van der Waals surface area contributed by atoms with Crippen LogP contribution in [0.25, 0.3) is 21.2 Å². The average Bonchev–Trinajstić information content (AvgIpc) is 3.46. The van der Waals surface area contributed by atoms with Crippen molar-refractivity contribution in [2.45, 2.75) is 26.7 Å². The first-order chi connectivity index (χ1) is 16.9. The molecule has 0 saturated carbocycles. The molecule has 4 aromatic rings. The third kappa shape index (κ3) is 4.81. The lowest BCUT2D eigenvalue weighted by molar-refractivity contribution is 0.104. The van der Waals surface area contributed by atoms with E-state index in [-0.39, 0.29) is 17.3 Å². The number of thiophene rings is 1. The summed E-state index contributed by atoms with van der Waals surface area (Å²) in [5, 5.41) is 10.9. The number of carbonyl (C=O) groups is 1. The summed E-state index contributed by atoms with van der Waals surface area (Å²) in [6.07, 6.45) is 2.53. The first kappa shape index (κ1) is 23.5. The zero-order valence-corrected chi connectivity index (χ0v) is 20.8. The van der Waals surface area contributed by atoms with Gasteiger partial charge < -0.3 is 9.84 Å². The van der Waals surface area contributed by atoms with Crippen LogP contribution < -0.4 is 4.74 Å². The second kappa shape index (κ2) is 9.80. The highest BCUT2D eigenvalue weighted by atomic mass is 32.1. The van der Waals surface area contributed by atoms with Gasteiger partial charge in [0.15, 0.2) is 0 Å². The van der Waals surface area contributed by atoms with E-state index in [0.717, 1.165) is 46.6 Å². The van der Waals surface area contributed by atoms with Gasteiger partial charge in [-0.25, -0.2) is 4.39 Å². The van der Waals surface area contributed by atoms with Crippen molar-refractivity contribution in [1.82, 2.24) is 4.90 Å². The third-order valence-corrected chi connectivity index (χ3v) is 7.77. The maximum atomic E-state index is 13.9. The van der Waals surface area contributed by atoms with E-state index >= 15 is 0 Å². The van der Waals surface area contributed by atoms with Crippen molar-refractivity contribution in [3.8, 4) is 22.6 Å². The van der Waals surface area contributed by atoms with Gasteiger partial charge in [-0.15, -0.1) is 11.3 Å². The van der Waals surface area contributed by atoms with Gasteiger partial charge in [0.25, 0.3) is 0 Å². The van der Waals surface area contributed by atoms with Crippen LogP contribution in [-0.2, 0) is 0 Å². The number of fused-ring (bicyclic) bond motifs is 1. The number of phenols is 1. The van der Waals surface area contributed by atoms with Crippen molar-refractivity contribution < 1.29 is 19.0 Å². The number of rotatable bonds is 7. The number of carbonyl (C=O) groups excluding carboxylic acids is 1. The molecule has 0 radical (unpaired) electrons. The lowest BCUT2D eigenvalue weighted by atomic mass is 9.94. The molecular formula is C29H28FNO3S. The Bertz CT molecular complexity index is 1360. The molecule has 0 unspecified atom stereocenters. The topological polar surface area (TPSA) is 49.8 Å². The van der Waals surface area contributed by atoms with Crippen LogP contribution in [0.1, 0.15) is 39.2 Å². The summed E-state index contributed by atoms with van der Waals surface area (Å²) in [5.74, 6) is 0.461. The molecule has 180 valence electrons. The smallest absolute Gasteiger partial charge is 0.204 e. The van der Waals surface area contributed by atoms with Crippen LogP contribution in [0.15, 0.2) is 54.6 Å². The molecule has 1 aliphatic heterocycles. The highest BCUT2D eigenvalue weighted by Crippen LogP contribution is 2.42. The largest absolute Gasteiger partial charge is 0.508 e. The molecule has 0 spiro atoms. The Kier molecular flexibility index (Phi) is 6.58. The van der Waals surface area contributed by atoms with Gasteiger partial charge in [-0.2, -0.15) is 0 Å². The number of nitrogens with zero attached hydrogens (tertiary/aromatic N) is 1. The van der Waals surface area contributed by atoms with E-state index in [1.54, 1.807) is 26.0 Å². The molecule has 5 rings (SSSR count). The molecule has 0 amide bonds. The second-order valence-corrected chi connectivity index (χ2v) is 10.2. The van der Waals surface area contributed by atoms with Gasteiger partial charge >= 0.3 is 0 Å². The Balaban J connectivity index is 1.50. The Labute approximate surface area is 208 Å². The van der Waals surface area contributed by atoms with Gasteiger partial charge in [-0.05, 0) is 98.9 Å². The van der Waals surface area contributed by atoms with E-state index in [9.17, 15) is 14.3 Å². The molecule has 1 aromatic heterocycles. The fourth-order valence-corrected chi connectivity index (χ4v) is 6.14. The molecule has 1 saturated heterocycles. The molecule has 1 fully saturated rings. The molecule has 2 heterocycles. The van der Waals surface area contributed by atoms with E-state index in [0.29, 0.717) is 28.2 Å². The van der Waals surface area contributed by atoms with Crippen LogP contribution >= 0.6 is 11.3 Å². The standard InChI is InChI=1S/C29H28FNO3S/c1-18-15-21(30)16-19(2)26(18)28(33)29-27(24-10-7-22(32)17-25(24)35-29)20-5-8-23(9-6-20)34-14-13-31-11-3-4-12-31/h5-10,15-17,32H,3-4,11-14H2,1-2H3. The SMILES string of the molecule is Cc1cc(F)cc(C)c1C(=O)c1sc2cc(O)ccc2c1-c1ccc(OCCN2CCCC2)cc1. The number of benzene rings is 3. The summed E-state index contributed by atoms with van der Waals surface area (Å²) in [7, 11) is 0. The first-order valence-electron chi connectivity index (χ1n) is 11.9. The minimum absolute atomic E-state index is 0.137. The number of hydrogen-bond acceptors (Lipinski definition) is 5. The first-order valence-corrected chi connectivity index (χ1v) is 12.7. The monoisotopic (exact) mass is 489 g/mol. The van der Waals surface area contributed by atoms with Gasteiger partial charge in [-0.3, -0.25) is 9.69 Å². The van der Waals surface area contributed by atoms with Gasteiger partial charge in [0.05, 0.1) is 4.88 Å². The summed E-state index contributed by atoms with van der Waals surface area (Å²) >= 11 is 1.35. The fourth-order valence-electron chi connectivity index (χ4n) is 4.93. The van der Waals surface area contributed by atoms with Gasteiger partial charge in [-0.1, -0.05) is 12.1 Å². The second-order valence-electron chi connectivity index (χ2n) is 9.15. The normalized spacial score (nSPS) is 14.0. The van der Waals surface area contributed by atoms with Crippen molar-refractivity contribution in [2.75, 3.05) is 26.2 Å². The molecule has 0 atom stereocenters. The van der Waals surface area contributed by atoms with Crippen LogP contribution in [-0.4, -0.2) is 42.0 Å². The predicted molar refractivity (Wildman–Crippen MR) is 139 cm³/mol. The van der Waals surface area contributed by atoms with Crippen LogP contribution in [0.3, 0.4) is 0 Å². The van der Waals surface area contributed by atoms with Crippen molar-refractivity contribution in [1.29, 1.82) is 0 Å². The lowest BCUT2D eigenvalue weighted by Gasteiger charge is -2.15. The van der Waals surface area contributed by atoms with E-state index in [2.05, 4.69) is 4.90 Å². The van der Waals surface area contributed by atoms with Crippen molar-refractivity contribution >= 4 is 27.2 Å². The summed E-state index contributed by atoms with van der Waals surface area (Å²) < 4.78 is 20.7. The molecular weight excluding hydrogens is 461 g/mol. The van der Waals surface area contributed by atoms with Gasteiger partial charge in [0, 0.05) is 27.8 Å². The van der Waals surface area contributed by atoms with Crippen LogP contribution in [0.5, 0.6) is 11.5 Å². The van der Waals surface area contributed by atoms with Crippen LogP contribution in [0.2, 0.25) is 0 Å². The fraction of sp³-hybridized carbons (Fsp3) is 0.276. The van der Waals surface area contributed by atoms with Crippen LogP contribution in [0.4, 0.5) is 4.39 Å². The molecule has 1 aliphatic rings. The number of hydrogen-bond donors (Lipinski definition) is 1. The molecule has 4 nitrogen and oxygen atoms in total.